The lowest BCUT2D eigenvalue weighted by Gasteiger charge is -2.09. The molecule has 1 N–H and O–H groups in total. The molecule has 0 saturated heterocycles. The first-order valence-corrected chi connectivity index (χ1v) is 11.4. The third-order valence-electron chi connectivity index (χ3n) is 4.81. The van der Waals surface area contributed by atoms with E-state index in [1.54, 1.807) is 18.2 Å². The average molecular weight is 440 g/mol. The Bertz CT molecular complexity index is 1250. The normalized spacial score (nSPS) is 13.7. The van der Waals surface area contributed by atoms with Gasteiger partial charge in [-0.3, -0.25) is 9.36 Å². The van der Waals surface area contributed by atoms with Crippen LogP contribution in [-0.2, 0) is 4.79 Å². The zero-order valence-corrected chi connectivity index (χ0v) is 17.8. The van der Waals surface area contributed by atoms with Gasteiger partial charge in [0.1, 0.15) is 5.82 Å². The molecule has 0 bridgehead atoms. The molecule has 2 aromatic heterocycles. The fourth-order valence-electron chi connectivity index (χ4n) is 3.23. The van der Waals surface area contributed by atoms with Crippen LogP contribution in [0.25, 0.3) is 21.6 Å². The standard InChI is InChI=1S/C21H18FN5OS2/c1-12-6-9-16-17(10-12)30-20(23-16)24-18(28)11-29-21-26-25-19(27(21)13-7-8-13)14-4-2-3-5-15(14)22/h2-6,9-10,13H,7-8,11H2,1H3,(H,23,24,28). The summed E-state index contributed by atoms with van der Waals surface area (Å²) in [6, 6.07) is 12.8. The van der Waals surface area contributed by atoms with Crippen molar-refractivity contribution in [1.29, 1.82) is 0 Å². The highest BCUT2D eigenvalue weighted by Crippen LogP contribution is 2.41. The van der Waals surface area contributed by atoms with E-state index in [2.05, 4.69) is 26.6 Å². The summed E-state index contributed by atoms with van der Waals surface area (Å²) >= 11 is 2.76. The fourth-order valence-corrected chi connectivity index (χ4v) is 5.02. The Balaban J connectivity index is 1.31. The minimum absolute atomic E-state index is 0.159. The average Bonchev–Trinajstić information content (AvgIpc) is 3.35. The van der Waals surface area contributed by atoms with Crippen LogP contribution in [0.3, 0.4) is 0 Å². The number of halogens is 1. The highest BCUT2D eigenvalue weighted by Gasteiger charge is 2.31. The molecule has 1 aliphatic carbocycles. The molecule has 152 valence electrons. The predicted octanol–water partition coefficient (Wildman–Crippen LogP) is 5.07. The molecule has 1 saturated carbocycles. The van der Waals surface area contributed by atoms with Gasteiger partial charge in [0.15, 0.2) is 16.1 Å². The summed E-state index contributed by atoms with van der Waals surface area (Å²) in [4.78, 5) is 16.9. The highest BCUT2D eigenvalue weighted by molar-refractivity contribution is 7.99. The van der Waals surface area contributed by atoms with Gasteiger partial charge in [-0.1, -0.05) is 41.3 Å². The number of fused-ring (bicyclic) bond motifs is 1. The molecule has 9 heteroatoms. The summed E-state index contributed by atoms with van der Waals surface area (Å²) in [5.41, 5.74) is 2.46. The van der Waals surface area contributed by atoms with Crippen molar-refractivity contribution in [1.82, 2.24) is 19.7 Å². The van der Waals surface area contributed by atoms with E-state index in [9.17, 15) is 9.18 Å². The predicted molar refractivity (Wildman–Crippen MR) is 117 cm³/mol. The Morgan fingerprint density at radius 3 is 2.90 bits per heavy atom. The van der Waals surface area contributed by atoms with Gasteiger partial charge in [-0.05, 0) is 49.6 Å². The number of anilines is 1. The number of thiazole rings is 1. The molecule has 30 heavy (non-hydrogen) atoms. The largest absolute Gasteiger partial charge is 0.301 e. The van der Waals surface area contributed by atoms with Gasteiger partial charge in [-0.25, -0.2) is 9.37 Å². The molecule has 0 radical (unpaired) electrons. The molecule has 1 fully saturated rings. The van der Waals surface area contributed by atoms with E-state index in [4.69, 9.17) is 0 Å². The Kier molecular flexibility index (Phi) is 5.00. The number of benzene rings is 2. The molecule has 5 rings (SSSR count). The first kappa shape index (κ1) is 19.2. The maximum Gasteiger partial charge on any atom is 0.236 e. The number of hydrogen-bond acceptors (Lipinski definition) is 6. The van der Waals surface area contributed by atoms with Crippen molar-refractivity contribution < 1.29 is 9.18 Å². The molecular formula is C21H18FN5OS2. The van der Waals surface area contributed by atoms with Gasteiger partial charge in [-0.15, -0.1) is 10.2 Å². The molecule has 0 spiro atoms. The van der Waals surface area contributed by atoms with Crippen LogP contribution in [0, 0.1) is 12.7 Å². The van der Waals surface area contributed by atoms with Crippen molar-refractivity contribution in [3.63, 3.8) is 0 Å². The van der Waals surface area contributed by atoms with Crippen LogP contribution in [0.2, 0.25) is 0 Å². The number of rotatable bonds is 6. The van der Waals surface area contributed by atoms with E-state index < -0.39 is 0 Å². The van der Waals surface area contributed by atoms with Crippen LogP contribution in [0.15, 0.2) is 47.6 Å². The summed E-state index contributed by atoms with van der Waals surface area (Å²) in [7, 11) is 0. The van der Waals surface area contributed by atoms with Crippen molar-refractivity contribution >= 4 is 44.4 Å². The third kappa shape index (κ3) is 3.82. The maximum atomic E-state index is 14.3. The van der Waals surface area contributed by atoms with Crippen molar-refractivity contribution in [3.8, 4) is 11.4 Å². The van der Waals surface area contributed by atoms with E-state index in [1.807, 2.05) is 23.6 Å². The maximum absolute atomic E-state index is 14.3. The molecule has 2 aromatic carbocycles. The topological polar surface area (TPSA) is 72.7 Å². The second-order valence-electron chi connectivity index (χ2n) is 7.21. The number of nitrogens with one attached hydrogen (secondary N) is 1. The lowest BCUT2D eigenvalue weighted by atomic mass is 10.2. The first-order valence-electron chi connectivity index (χ1n) is 9.58. The van der Waals surface area contributed by atoms with Crippen LogP contribution < -0.4 is 5.32 Å². The van der Waals surface area contributed by atoms with E-state index in [0.717, 1.165) is 28.6 Å². The summed E-state index contributed by atoms with van der Waals surface area (Å²) in [5.74, 6) is 0.206. The minimum Gasteiger partial charge on any atom is -0.301 e. The molecular weight excluding hydrogens is 421 g/mol. The van der Waals surface area contributed by atoms with Crippen LogP contribution in [0.1, 0.15) is 24.4 Å². The van der Waals surface area contributed by atoms with Crippen molar-refractivity contribution in [2.45, 2.75) is 31.0 Å². The minimum atomic E-state index is -0.327. The summed E-state index contributed by atoms with van der Waals surface area (Å²) in [6.45, 7) is 2.03. The first-order chi connectivity index (χ1) is 14.6. The van der Waals surface area contributed by atoms with Gasteiger partial charge < -0.3 is 5.32 Å². The summed E-state index contributed by atoms with van der Waals surface area (Å²) in [6.07, 6.45) is 2.01. The molecule has 0 unspecified atom stereocenters. The Hall–Kier alpha value is -2.78. The van der Waals surface area contributed by atoms with Crippen LogP contribution >= 0.6 is 23.1 Å². The number of thioether (sulfide) groups is 1. The molecule has 2 heterocycles. The second-order valence-corrected chi connectivity index (χ2v) is 9.19. The Morgan fingerprint density at radius 2 is 2.10 bits per heavy atom. The summed E-state index contributed by atoms with van der Waals surface area (Å²) < 4.78 is 17.3. The van der Waals surface area contributed by atoms with Crippen LogP contribution in [-0.4, -0.2) is 31.4 Å². The van der Waals surface area contributed by atoms with Gasteiger partial charge in [-0.2, -0.15) is 0 Å². The van der Waals surface area contributed by atoms with Crippen LogP contribution in [0.5, 0.6) is 0 Å². The lowest BCUT2D eigenvalue weighted by Crippen LogP contribution is -2.14. The van der Waals surface area contributed by atoms with Crippen molar-refractivity contribution in [3.05, 3.63) is 53.8 Å². The lowest BCUT2D eigenvalue weighted by molar-refractivity contribution is -0.113. The number of amides is 1. The molecule has 0 aliphatic heterocycles. The van der Waals surface area contributed by atoms with Crippen LogP contribution in [0.4, 0.5) is 9.52 Å². The fraction of sp³-hybridized carbons (Fsp3) is 0.238. The number of aryl methyl sites for hydroxylation is 1. The number of hydrogen-bond donors (Lipinski definition) is 1. The number of carbonyl (C=O) groups excluding carboxylic acids is 1. The zero-order chi connectivity index (χ0) is 20.7. The summed E-state index contributed by atoms with van der Waals surface area (Å²) in [5, 5.41) is 12.5. The third-order valence-corrected chi connectivity index (χ3v) is 6.69. The van der Waals surface area contributed by atoms with Crippen molar-refractivity contribution in [2.75, 3.05) is 11.1 Å². The van der Waals surface area contributed by atoms with E-state index in [-0.39, 0.29) is 23.5 Å². The number of nitrogens with zero attached hydrogens (tertiary/aromatic N) is 4. The van der Waals surface area contributed by atoms with E-state index >= 15 is 0 Å². The molecule has 4 aromatic rings. The van der Waals surface area contributed by atoms with Crippen molar-refractivity contribution in [2.24, 2.45) is 0 Å². The Morgan fingerprint density at radius 1 is 1.27 bits per heavy atom. The highest BCUT2D eigenvalue weighted by atomic mass is 32.2. The molecule has 6 nitrogen and oxygen atoms in total. The number of aromatic nitrogens is 4. The van der Waals surface area contributed by atoms with Gasteiger partial charge in [0.05, 0.1) is 21.5 Å². The Labute approximate surface area is 180 Å². The van der Waals surface area contributed by atoms with Gasteiger partial charge in [0.25, 0.3) is 0 Å². The smallest absolute Gasteiger partial charge is 0.236 e. The van der Waals surface area contributed by atoms with E-state index in [0.29, 0.717) is 21.7 Å². The van der Waals surface area contributed by atoms with E-state index in [1.165, 1.54) is 29.2 Å². The van der Waals surface area contributed by atoms with Gasteiger partial charge >= 0.3 is 0 Å². The monoisotopic (exact) mass is 439 g/mol. The van der Waals surface area contributed by atoms with Gasteiger partial charge in [0, 0.05) is 6.04 Å². The molecule has 1 amide bonds. The quantitative estimate of drug-likeness (QED) is 0.425. The zero-order valence-electron chi connectivity index (χ0n) is 16.1. The second kappa shape index (κ2) is 7.81. The molecule has 1 aliphatic rings. The number of carbonyl (C=O) groups is 1. The van der Waals surface area contributed by atoms with Gasteiger partial charge in [0.2, 0.25) is 5.91 Å². The SMILES string of the molecule is Cc1ccc2nc(NC(=O)CSc3nnc(-c4ccccc4F)n3C3CC3)sc2c1. The molecule has 0 atom stereocenters.